The third-order valence-corrected chi connectivity index (χ3v) is 5.75. The molecule has 0 amide bonds. The van der Waals surface area contributed by atoms with Crippen LogP contribution < -0.4 is 5.73 Å². The highest BCUT2D eigenvalue weighted by Crippen LogP contribution is 2.15. The van der Waals surface area contributed by atoms with Crippen LogP contribution in [0.3, 0.4) is 0 Å². The number of aromatic nitrogens is 2. The van der Waals surface area contributed by atoms with Crippen molar-refractivity contribution >= 4 is 11.6 Å². The van der Waals surface area contributed by atoms with Crippen molar-refractivity contribution in [2.45, 2.75) is 96.3 Å². The minimum Gasteiger partial charge on any atom is -0.384 e. The lowest BCUT2D eigenvalue weighted by molar-refractivity contribution is -0.118. The number of unbranched alkanes of at least 4 members (excludes halogenated alkanes) is 11. The van der Waals surface area contributed by atoms with Crippen LogP contribution in [0.15, 0.2) is 30.5 Å². The summed E-state index contributed by atoms with van der Waals surface area (Å²) in [5.74, 6) is 0.687. The maximum Gasteiger partial charge on any atom is 0.137 e. The van der Waals surface area contributed by atoms with Gasteiger partial charge in [0.1, 0.15) is 17.4 Å². The summed E-state index contributed by atoms with van der Waals surface area (Å²) in [5, 5.41) is 6.51. The number of aromatic amines is 1. The predicted molar refractivity (Wildman–Crippen MR) is 122 cm³/mol. The monoisotopic (exact) mass is 415 g/mol. The summed E-state index contributed by atoms with van der Waals surface area (Å²) in [6.45, 7) is 0. The first-order chi connectivity index (χ1) is 14.7. The summed E-state index contributed by atoms with van der Waals surface area (Å²) in [7, 11) is 0. The summed E-state index contributed by atoms with van der Waals surface area (Å²) in [6, 6.07) is 7.11. The number of nitrogens with zero attached hydrogens (tertiary/aromatic N) is 1. The fraction of sp³-hybridized carbons (Fsp3) is 0.600. The number of ketones is 1. The molecule has 0 fully saturated rings. The standard InChI is InChI=1S/C25H38FN3O/c26-24-18-14-13-16-21(24)15-11-9-7-5-3-1-2-4-6-8-10-12-17-23(30)19-22-20-28-29-25(22)27/h13-14,16,18,20H,1-12,15,17,19H2,(H3,27,28,29). The molecule has 30 heavy (non-hydrogen) atoms. The fourth-order valence-corrected chi connectivity index (χ4v) is 3.87. The van der Waals surface area contributed by atoms with Crippen LogP contribution in [0.25, 0.3) is 0 Å². The van der Waals surface area contributed by atoms with E-state index in [0.29, 0.717) is 18.7 Å². The zero-order valence-corrected chi connectivity index (χ0v) is 18.3. The lowest BCUT2D eigenvalue weighted by Gasteiger charge is -2.04. The highest BCUT2D eigenvalue weighted by Gasteiger charge is 2.08. The maximum absolute atomic E-state index is 13.5. The molecule has 3 N–H and O–H groups in total. The highest BCUT2D eigenvalue weighted by atomic mass is 19.1. The Balaban J connectivity index is 1.31. The summed E-state index contributed by atoms with van der Waals surface area (Å²) < 4.78 is 13.5. The topological polar surface area (TPSA) is 71.8 Å². The molecule has 2 aromatic rings. The number of carbonyl (C=O) groups excluding carboxylic acids is 1. The van der Waals surface area contributed by atoms with Crippen molar-refractivity contribution < 1.29 is 9.18 Å². The molecule has 5 heteroatoms. The van der Waals surface area contributed by atoms with Crippen LogP contribution in [0.2, 0.25) is 0 Å². The van der Waals surface area contributed by atoms with Gasteiger partial charge in [0.05, 0.1) is 6.20 Å². The molecule has 0 aliphatic carbocycles. The molecular weight excluding hydrogens is 377 g/mol. The van der Waals surface area contributed by atoms with E-state index in [1.807, 2.05) is 12.1 Å². The molecule has 4 nitrogen and oxygen atoms in total. The van der Waals surface area contributed by atoms with Gasteiger partial charge < -0.3 is 5.73 Å². The van der Waals surface area contributed by atoms with Crippen molar-refractivity contribution in [3.63, 3.8) is 0 Å². The number of aryl methyl sites for hydroxylation is 1. The number of halogens is 1. The lowest BCUT2D eigenvalue weighted by atomic mass is 10.0. The molecule has 1 aromatic carbocycles. The van der Waals surface area contributed by atoms with Crippen molar-refractivity contribution in [1.29, 1.82) is 0 Å². The molecule has 0 aliphatic rings. The van der Waals surface area contributed by atoms with Crippen molar-refractivity contribution in [1.82, 2.24) is 10.2 Å². The number of nitrogens with two attached hydrogens (primary N) is 1. The van der Waals surface area contributed by atoms with Gasteiger partial charge >= 0.3 is 0 Å². The number of rotatable bonds is 17. The number of hydrogen-bond donors (Lipinski definition) is 2. The number of Topliss-reactive ketones (excluding diaryl/α,β-unsaturated/α-hetero) is 1. The molecule has 1 aromatic heterocycles. The minimum atomic E-state index is -0.0662. The molecule has 0 saturated heterocycles. The van der Waals surface area contributed by atoms with E-state index in [4.69, 9.17) is 5.73 Å². The molecule has 0 spiro atoms. The van der Waals surface area contributed by atoms with E-state index in [1.54, 1.807) is 18.3 Å². The molecule has 2 rings (SSSR count). The van der Waals surface area contributed by atoms with Crippen molar-refractivity contribution in [3.05, 3.63) is 47.4 Å². The third kappa shape index (κ3) is 10.0. The van der Waals surface area contributed by atoms with Crippen LogP contribution in [0.1, 0.15) is 94.6 Å². The van der Waals surface area contributed by atoms with Crippen LogP contribution in [-0.4, -0.2) is 16.0 Å². The largest absolute Gasteiger partial charge is 0.384 e. The van der Waals surface area contributed by atoms with Gasteiger partial charge in [0, 0.05) is 18.4 Å². The first-order valence-corrected chi connectivity index (χ1v) is 11.7. The number of H-pyrrole nitrogens is 1. The summed E-state index contributed by atoms with van der Waals surface area (Å²) in [4.78, 5) is 11.9. The number of benzene rings is 1. The molecule has 0 saturated carbocycles. The van der Waals surface area contributed by atoms with Crippen LogP contribution in [0.5, 0.6) is 0 Å². The Morgan fingerprint density at radius 1 is 0.833 bits per heavy atom. The van der Waals surface area contributed by atoms with Crippen molar-refractivity contribution in [2.24, 2.45) is 0 Å². The van der Waals surface area contributed by atoms with Gasteiger partial charge in [0.25, 0.3) is 0 Å². The van der Waals surface area contributed by atoms with Gasteiger partial charge in [-0.3, -0.25) is 9.89 Å². The number of carbonyl (C=O) groups is 1. The van der Waals surface area contributed by atoms with Gasteiger partial charge in [-0.2, -0.15) is 5.10 Å². The van der Waals surface area contributed by atoms with E-state index in [0.717, 1.165) is 36.8 Å². The smallest absolute Gasteiger partial charge is 0.137 e. The summed E-state index contributed by atoms with van der Waals surface area (Å²) >= 11 is 0. The Bertz CT molecular complexity index is 729. The molecule has 0 aliphatic heterocycles. The molecule has 0 atom stereocenters. The predicted octanol–water partition coefficient (Wildman–Crippen LogP) is 6.56. The number of hydrogen-bond acceptors (Lipinski definition) is 3. The number of nitrogen functional groups attached to an aromatic ring is 1. The van der Waals surface area contributed by atoms with Crippen LogP contribution in [0, 0.1) is 5.82 Å². The van der Waals surface area contributed by atoms with Crippen molar-refractivity contribution in [2.75, 3.05) is 5.73 Å². The molecule has 0 radical (unpaired) electrons. The van der Waals surface area contributed by atoms with E-state index in [1.165, 1.54) is 57.8 Å². The average Bonchev–Trinajstić information content (AvgIpc) is 3.13. The highest BCUT2D eigenvalue weighted by molar-refractivity contribution is 5.81. The molecule has 0 bridgehead atoms. The Labute approximate surface area is 180 Å². The molecule has 0 unspecified atom stereocenters. The fourth-order valence-electron chi connectivity index (χ4n) is 3.87. The van der Waals surface area contributed by atoms with E-state index in [-0.39, 0.29) is 11.6 Å². The Hall–Kier alpha value is -2.17. The normalized spacial score (nSPS) is 11.1. The van der Waals surface area contributed by atoms with Gasteiger partial charge in [-0.25, -0.2) is 4.39 Å². The van der Waals surface area contributed by atoms with Gasteiger partial charge in [0.15, 0.2) is 0 Å². The number of nitrogens with one attached hydrogen (secondary N) is 1. The van der Waals surface area contributed by atoms with Crippen LogP contribution >= 0.6 is 0 Å². The molecule has 166 valence electrons. The zero-order chi connectivity index (χ0) is 21.4. The molecule has 1 heterocycles. The zero-order valence-electron chi connectivity index (χ0n) is 18.3. The first-order valence-electron chi connectivity index (χ1n) is 11.7. The second kappa shape index (κ2) is 14.8. The quantitative estimate of drug-likeness (QED) is 0.287. The first kappa shape index (κ1) is 24.1. The van der Waals surface area contributed by atoms with E-state index in [2.05, 4.69) is 10.2 Å². The van der Waals surface area contributed by atoms with E-state index >= 15 is 0 Å². The van der Waals surface area contributed by atoms with Crippen LogP contribution in [0.4, 0.5) is 10.2 Å². The second-order valence-corrected chi connectivity index (χ2v) is 8.36. The van der Waals surface area contributed by atoms with Gasteiger partial charge in [-0.05, 0) is 30.9 Å². The lowest BCUT2D eigenvalue weighted by Crippen LogP contribution is -2.03. The van der Waals surface area contributed by atoms with Gasteiger partial charge in [-0.1, -0.05) is 82.4 Å². The molecular formula is C25H38FN3O. The van der Waals surface area contributed by atoms with Gasteiger partial charge in [0.2, 0.25) is 0 Å². The van der Waals surface area contributed by atoms with Crippen LogP contribution in [-0.2, 0) is 17.6 Å². The van der Waals surface area contributed by atoms with Gasteiger partial charge in [-0.15, -0.1) is 0 Å². The van der Waals surface area contributed by atoms with E-state index in [9.17, 15) is 9.18 Å². The summed E-state index contributed by atoms with van der Waals surface area (Å²) in [6.07, 6.45) is 18.2. The Morgan fingerprint density at radius 2 is 1.40 bits per heavy atom. The second-order valence-electron chi connectivity index (χ2n) is 8.36. The maximum atomic E-state index is 13.5. The summed E-state index contributed by atoms with van der Waals surface area (Å²) in [5.41, 5.74) is 7.37. The Kier molecular flexibility index (Phi) is 11.9. The minimum absolute atomic E-state index is 0.0662. The van der Waals surface area contributed by atoms with Crippen molar-refractivity contribution in [3.8, 4) is 0 Å². The third-order valence-electron chi connectivity index (χ3n) is 5.75. The van der Waals surface area contributed by atoms with E-state index < -0.39 is 0 Å². The SMILES string of the molecule is Nc1[nH]ncc1CC(=O)CCCCCCCCCCCCCCc1ccccc1F. The number of anilines is 1. The average molecular weight is 416 g/mol. The Morgan fingerprint density at radius 3 is 1.97 bits per heavy atom.